The minimum atomic E-state index is -0.0820. The van der Waals surface area contributed by atoms with Crippen molar-refractivity contribution >= 4 is 17.2 Å². The van der Waals surface area contributed by atoms with Crippen molar-refractivity contribution < 1.29 is 9.53 Å². The number of thiazole rings is 1. The van der Waals surface area contributed by atoms with Crippen LogP contribution in [0.3, 0.4) is 0 Å². The molecule has 2 aliphatic rings. The molecule has 124 valence electrons. The van der Waals surface area contributed by atoms with E-state index >= 15 is 0 Å². The van der Waals surface area contributed by atoms with Crippen molar-refractivity contribution in [3.63, 3.8) is 0 Å². The molecule has 0 bridgehead atoms. The Balaban J connectivity index is 1.59. The molecule has 1 aliphatic carbocycles. The molecule has 1 amide bonds. The zero-order valence-corrected chi connectivity index (χ0v) is 14.3. The largest absolute Gasteiger partial charge is 0.377 e. The van der Waals surface area contributed by atoms with Gasteiger partial charge in [0.15, 0.2) is 0 Å². The van der Waals surface area contributed by atoms with Crippen LogP contribution in [0.5, 0.6) is 0 Å². The average Bonchev–Trinajstić information content (AvgIpc) is 3.34. The summed E-state index contributed by atoms with van der Waals surface area (Å²) in [4.78, 5) is 19.6. The summed E-state index contributed by atoms with van der Waals surface area (Å²) in [6, 6.07) is 10.1. The predicted octanol–water partition coefficient (Wildman–Crippen LogP) is 3.82. The molecule has 0 N–H and O–H groups in total. The molecule has 0 radical (unpaired) electrons. The SMILES string of the molecule is O=C(C1=CCCC1)N1CCOC[C@@H]1c1csc(-c2ccccc2)n1. The van der Waals surface area contributed by atoms with E-state index in [-0.39, 0.29) is 11.9 Å². The van der Waals surface area contributed by atoms with Crippen LogP contribution in [0.1, 0.15) is 31.0 Å². The van der Waals surface area contributed by atoms with Gasteiger partial charge in [-0.2, -0.15) is 0 Å². The van der Waals surface area contributed by atoms with Crippen molar-refractivity contribution in [2.45, 2.75) is 25.3 Å². The molecule has 0 spiro atoms. The molecular formula is C19H20N2O2S. The smallest absolute Gasteiger partial charge is 0.250 e. The van der Waals surface area contributed by atoms with Crippen LogP contribution in [0, 0.1) is 0 Å². The lowest BCUT2D eigenvalue weighted by Crippen LogP contribution is -2.44. The van der Waals surface area contributed by atoms with Crippen LogP contribution in [-0.2, 0) is 9.53 Å². The fourth-order valence-corrected chi connectivity index (χ4v) is 4.17. The lowest BCUT2D eigenvalue weighted by Gasteiger charge is -2.35. The number of hydrogen-bond donors (Lipinski definition) is 0. The van der Waals surface area contributed by atoms with Crippen molar-refractivity contribution in [1.82, 2.24) is 9.88 Å². The van der Waals surface area contributed by atoms with E-state index in [1.165, 1.54) is 0 Å². The van der Waals surface area contributed by atoms with E-state index in [0.717, 1.165) is 41.1 Å². The second-order valence-electron chi connectivity index (χ2n) is 6.15. The zero-order chi connectivity index (χ0) is 16.4. The number of carbonyl (C=O) groups excluding carboxylic acids is 1. The number of hydrogen-bond acceptors (Lipinski definition) is 4. The van der Waals surface area contributed by atoms with E-state index < -0.39 is 0 Å². The first-order chi connectivity index (χ1) is 11.8. The number of ether oxygens (including phenoxy) is 1. The molecular weight excluding hydrogens is 320 g/mol. The van der Waals surface area contributed by atoms with Gasteiger partial charge in [-0.3, -0.25) is 4.79 Å². The number of carbonyl (C=O) groups is 1. The fraction of sp³-hybridized carbons (Fsp3) is 0.368. The highest BCUT2D eigenvalue weighted by molar-refractivity contribution is 7.13. The van der Waals surface area contributed by atoms with E-state index in [9.17, 15) is 4.79 Å². The maximum absolute atomic E-state index is 12.8. The van der Waals surface area contributed by atoms with Gasteiger partial charge in [-0.25, -0.2) is 4.98 Å². The Morgan fingerprint density at radius 3 is 2.96 bits per heavy atom. The molecule has 1 aromatic heterocycles. The zero-order valence-electron chi connectivity index (χ0n) is 13.5. The first-order valence-electron chi connectivity index (χ1n) is 8.41. The number of morpholine rings is 1. The van der Waals surface area contributed by atoms with Crippen molar-refractivity contribution in [1.29, 1.82) is 0 Å². The second kappa shape index (κ2) is 6.87. The van der Waals surface area contributed by atoms with Crippen molar-refractivity contribution in [2.24, 2.45) is 0 Å². The van der Waals surface area contributed by atoms with E-state index in [0.29, 0.717) is 19.8 Å². The summed E-state index contributed by atoms with van der Waals surface area (Å²) >= 11 is 1.62. The van der Waals surface area contributed by atoms with Gasteiger partial charge >= 0.3 is 0 Å². The lowest BCUT2D eigenvalue weighted by atomic mass is 10.1. The molecule has 4 rings (SSSR count). The summed E-state index contributed by atoms with van der Waals surface area (Å²) in [6.45, 7) is 1.77. The van der Waals surface area contributed by atoms with Crippen molar-refractivity contribution in [3.05, 3.63) is 53.1 Å². The van der Waals surface area contributed by atoms with E-state index in [2.05, 4.69) is 23.6 Å². The summed E-state index contributed by atoms with van der Waals surface area (Å²) in [5, 5.41) is 3.05. The third-order valence-electron chi connectivity index (χ3n) is 4.59. The highest BCUT2D eigenvalue weighted by atomic mass is 32.1. The molecule has 4 nitrogen and oxygen atoms in total. The average molecular weight is 340 g/mol. The molecule has 2 aromatic rings. The van der Waals surface area contributed by atoms with Gasteiger partial charge in [0.05, 0.1) is 24.9 Å². The highest BCUT2D eigenvalue weighted by Crippen LogP contribution is 2.32. The summed E-state index contributed by atoms with van der Waals surface area (Å²) in [5.74, 6) is 0.162. The molecule has 1 aromatic carbocycles. The van der Waals surface area contributed by atoms with Crippen LogP contribution < -0.4 is 0 Å². The number of benzene rings is 1. The normalized spacial score (nSPS) is 20.9. The number of nitrogens with zero attached hydrogens (tertiary/aromatic N) is 2. The van der Waals surface area contributed by atoms with Crippen LogP contribution in [0.2, 0.25) is 0 Å². The number of rotatable bonds is 3. The Morgan fingerprint density at radius 2 is 2.17 bits per heavy atom. The molecule has 1 aliphatic heterocycles. The van der Waals surface area contributed by atoms with E-state index in [1.807, 2.05) is 23.1 Å². The molecule has 5 heteroatoms. The number of allylic oxidation sites excluding steroid dienone is 1. The third-order valence-corrected chi connectivity index (χ3v) is 5.50. The van der Waals surface area contributed by atoms with E-state index in [1.54, 1.807) is 11.3 Å². The maximum Gasteiger partial charge on any atom is 0.250 e. The summed E-state index contributed by atoms with van der Waals surface area (Å²) in [5.41, 5.74) is 3.01. The van der Waals surface area contributed by atoms with Gasteiger partial charge in [-0.15, -0.1) is 11.3 Å². The van der Waals surface area contributed by atoms with Crippen LogP contribution in [0.15, 0.2) is 47.4 Å². The minimum Gasteiger partial charge on any atom is -0.377 e. The highest BCUT2D eigenvalue weighted by Gasteiger charge is 2.32. The predicted molar refractivity (Wildman–Crippen MR) is 94.8 cm³/mol. The summed E-state index contributed by atoms with van der Waals surface area (Å²) in [6.07, 6.45) is 5.09. The summed E-state index contributed by atoms with van der Waals surface area (Å²) in [7, 11) is 0. The first kappa shape index (κ1) is 15.5. The number of amides is 1. The molecule has 1 saturated heterocycles. The van der Waals surface area contributed by atoms with Crippen LogP contribution in [-0.4, -0.2) is 35.5 Å². The van der Waals surface area contributed by atoms with Crippen molar-refractivity contribution in [2.75, 3.05) is 19.8 Å². The minimum absolute atomic E-state index is 0.0820. The maximum atomic E-state index is 12.8. The topological polar surface area (TPSA) is 42.4 Å². The molecule has 0 unspecified atom stereocenters. The third kappa shape index (κ3) is 3.01. The van der Waals surface area contributed by atoms with Gasteiger partial charge in [0.2, 0.25) is 5.91 Å². The molecule has 1 fully saturated rings. The molecule has 24 heavy (non-hydrogen) atoms. The van der Waals surface area contributed by atoms with Crippen LogP contribution >= 0.6 is 11.3 Å². The van der Waals surface area contributed by atoms with E-state index in [4.69, 9.17) is 9.72 Å². The first-order valence-corrected chi connectivity index (χ1v) is 9.29. The quantitative estimate of drug-likeness (QED) is 0.853. The fourth-order valence-electron chi connectivity index (χ4n) is 3.29. The van der Waals surface area contributed by atoms with Crippen LogP contribution in [0.25, 0.3) is 10.6 Å². The standard InChI is InChI=1S/C19H20N2O2S/c22-19(15-8-4-5-9-15)21-10-11-23-12-17(21)16-13-24-18(20-16)14-6-2-1-3-7-14/h1-3,6-8,13,17H,4-5,9-12H2/t17-/m1/s1. The second-order valence-corrected chi connectivity index (χ2v) is 7.01. The Bertz CT molecular complexity index is 754. The van der Waals surface area contributed by atoms with Gasteiger partial charge in [0.25, 0.3) is 0 Å². The van der Waals surface area contributed by atoms with Gasteiger partial charge in [0, 0.05) is 23.1 Å². The van der Waals surface area contributed by atoms with Gasteiger partial charge in [-0.05, 0) is 19.3 Å². The Kier molecular flexibility index (Phi) is 4.45. The molecule has 0 saturated carbocycles. The Morgan fingerprint density at radius 1 is 1.29 bits per heavy atom. The van der Waals surface area contributed by atoms with Gasteiger partial charge in [-0.1, -0.05) is 36.4 Å². The van der Waals surface area contributed by atoms with Gasteiger partial charge in [0.1, 0.15) is 5.01 Å². The summed E-state index contributed by atoms with van der Waals surface area (Å²) < 4.78 is 5.65. The number of aromatic nitrogens is 1. The molecule has 2 heterocycles. The monoisotopic (exact) mass is 340 g/mol. The Hall–Kier alpha value is -1.98. The van der Waals surface area contributed by atoms with Crippen LogP contribution in [0.4, 0.5) is 0 Å². The van der Waals surface area contributed by atoms with Crippen molar-refractivity contribution in [3.8, 4) is 10.6 Å². The molecule has 1 atom stereocenters. The Labute approximate surface area is 145 Å². The lowest BCUT2D eigenvalue weighted by molar-refractivity contribution is -0.136. The van der Waals surface area contributed by atoms with Gasteiger partial charge < -0.3 is 9.64 Å².